The molecular formula is C15H15NO5. The van der Waals surface area contributed by atoms with Gasteiger partial charge in [0.1, 0.15) is 23.0 Å². The molecule has 0 radical (unpaired) electrons. The molecular weight excluding hydrogens is 274 g/mol. The second-order valence-corrected chi connectivity index (χ2v) is 5.59. The average Bonchev–Trinajstić information content (AvgIpc) is 2.36. The molecule has 6 heteroatoms. The van der Waals surface area contributed by atoms with Gasteiger partial charge in [-0.3, -0.25) is 0 Å². The highest BCUT2D eigenvalue weighted by Crippen LogP contribution is 2.37. The number of primary amides is 1. The lowest BCUT2D eigenvalue weighted by Crippen LogP contribution is -2.49. The van der Waals surface area contributed by atoms with Gasteiger partial charge in [0.25, 0.3) is 0 Å². The monoisotopic (exact) mass is 289 g/mol. The van der Waals surface area contributed by atoms with Crippen molar-refractivity contribution >= 4 is 17.1 Å². The van der Waals surface area contributed by atoms with Gasteiger partial charge < -0.3 is 19.6 Å². The highest BCUT2D eigenvalue weighted by atomic mass is 16.6. The van der Waals surface area contributed by atoms with Crippen molar-refractivity contribution in [3.8, 4) is 5.75 Å². The predicted molar refractivity (Wildman–Crippen MR) is 75.4 cm³/mol. The molecule has 1 aliphatic heterocycles. The van der Waals surface area contributed by atoms with Gasteiger partial charge in [0.2, 0.25) is 0 Å². The molecule has 2 aromatic rings. The number of fused-ring (bicyclic) bond motifs is 2. The quantitative estimate of drug-likeness (QED) is 0.810. The molecule has 1 amide bonds. The number of hydrogen-bond acceptors (Lipinski definition) is 5. The Morgan fingerprint density at radius 1 is 1.38 bits per heavy atom. The number of carbonyl (C=O) groups excluding carboxylic acids is 1. The van der Waals surface area contributed by atoms with Crippen LogP contribution >= 0.6 is 0 Å². The first-order chi connectivity index (χ1) is 9.85. The third-order valence-electron chi connectivity index (χ3n) is 3.61. The smallest absolute Gasteiger partial charge is 0.404 e. The van der Waals surface area contributed by atoms with Crippen molar-refractivity contribution in [3.05, 3.63) is 40.2 Å². The van der Waals surface area contributed by atoms with E-state index in [1.165, 1.54) is 6.07 Å². The Morgan fingerprint density at radius 3 is 2.86 bits per heavy atom. The molecule has 1 unspecified atom stereocenters. The van der Waals surface area contributed by atoms with Gasteiger partial charge in [-0.1, -0.05) is 0 Å². The number of amides is 1. The Balaban J connectivity index is 2.07. The van der Waals surface area contributed by atoms with Crippen molar-refractivity contribution in [2.45, 2.75) is 32.0 Å². The first-order valence-corrected chi connectivity index (χ1v) is 6.57. The Kier molecular flexibility index (Phi) is 2.90. The SMILES string of the molecule is CC1(C)Oc2cc3oc(=O)ccc3cc2CC1OC(N)=O. The summed E-state index contributed by atoms with van der Waals surface area (Å²) in [6.45, 7) is 3.63. The summed E-state index contributed by atoms with van der Waals surface area (Å²) in [6, 6.07) is 6.60. The van der Waals surface area contributed by atoms with E-state index in [1.54, 1.807) is 12.1 Å². The van der Waals surface area contributed by atoms with Gasteiger partial charge in [0.15, 0.2) is 0 Å². The van der Waals surface area contributed by atoms with Gasteiger partial charge in [0, 0.05) is 23.9 Å². The van der Waals surface area contributed by atoms with E-state index in [2.05, 4.69) is 0 Å². The fraction of sp³-hybridized carbons (Fsp3) is 0.333. The number of nitrogens with two attached hydrogens (primary N) is 1. The molecule has 0 spiro atoms. The third kappa shape index (κ3) is 2.44. The molecule has 2 heterocycles. The van der Waals surface area contributed by atoms with Crippen LogP contribution in [0.2, 0.25) is 0 Å². The van der Waals surface area contributed by atoms with Gasteiger partial charge in [-0.2, -0.15) is 0 Å². The Hall–Kier alpha value is -2.50. The highest BCUT2D eigenvalue weighted by Gasteiger charge is 2.39. The summed E-state index contributed by atoms with van der Waals surface area (Å²) in [5.74, 6) is 0.617. The number of ether oxygens (including phenoxy) is 2. The van der Waals surface area contributed by atoms with E-state index in [0.717, 1.165) is 10.9 Å². The van der Waals surface area contributed by atoms with E-state index in [4.69, 9.17) is 19.6 Å². The Bertz CT molecular complexity index is 777. The van der Waals surface area contributed by atoms with Gasteiger partial charge in [-0.05, 0) is 31.5 Å². The van der Waals surface area contributed by atoms with Crippen LogP contribution in [0.3, 0.4) is 0 Å². The summed E-state index contributed by atoms with van der Waals surface area (Å²) in [4.78, 5) is 22.3. The number of rotatable bonds is 1. The first kappa shape index (κ1) is 13.5. The van der Waals surface area contributed by atoms with Crippen molar-refractivity contribution in [2.75, 3.05) is 0 Å². The molecule has 3 rings (SSSR count). The van der Waals surface area contributed by atoms with E-state index < -0.39 is 23.4 Å². The van der Waals surface area contributed by atoms with E-state index in [-0.39, 0.29) is 0 Å². The Labute approximate surface area is 120 Å². The summed E-state index contributed by atoms with van der Waals surface area (Å²) in [5, 5.41) is 0.787. The van der Waals surface area contributed by atoms with Crippen LogP contribution in [0.15, 0.2) is 33.5 Å². The molecule has 0 saturated carbocycles. The molecule has 110 valence electrons. The van der Waals surface area contributed by atoms with E-state index in [9.17, 15) is 9.59 Å². The average molecular weight is 289 g/mol. The fourth-order valence-electron chi connectivity index (χ4n) is 2.52. The van der Waals surface area contributed by atoms with Gasteiger partial charge >= 0.3 is 11.7 Å². The van der Waals surface area contributed by atoms with Crippen molar-refractivity contribution in [1.29, 1.82) is 0 Å². The zero-order valence-electron chi connectivity index (χ0n) is 11.7. The lowest BCUT2D eigenvalue weighted by Gasteiger charge is -2.38. The van der Waals surface area contributed by atoms with Crippen LogP contribution in [-0.4, -0.2) is 17.8 Å². The molecule has 1 atom stereocenters. The maximum Gasteiger partial charge on any atom is 0.404 e. The van der Waals surface area contributed by atoms with Crippen molar-refractivity contribution < 1.29 is 18.7 Å². The maximum absolute atomic E-state index is 11.3. The lowest BCUT2D eigenvalue weighted by atomic mass is 9.90. The third-order valence-corrected chi connectivity index (χ3v) is 3.61. The summed E-state index contributed by atoms with van der Waals surface area (Å²) in [7, 11) is 0. The van der Waals surface area contributed by atoms with E-state index in [0.29, 0.717) is 17.8 Å². The van der Waals surface area contributed by atoms with Crippen LogP contribution in [0, 0.1) is 0 Å². The van der Waals surface area contributed by atoms with Crippen molar-refractivity contribution in [3.63, 3.8) is 0 Å². The molecule has 1 aliphatic rings. The van der Waals surface area contributed by atoms with Crippen molar-refractivity contribution in [2.24, 2.45) is 5.73 Å². The number of hydrogen-bond donors (Lipinski definition) is 1. The Morgan fingerprint density at radius 2 is 2.14 bits per heavy atom. The summed E-state index contributed by atoms with van der Waals surface area (Å²) in [6.07, 6.45) is -0.817. The standard InChI is InChI=1S/C15H15NO5/c1-15(2)12(20-14(16)18)6-9-5-8-3-4-13(17)19-10(8)7-11(9)21-15/h3-5,7,12H,6H2,1-2H3,(H2,16,18). The largest absolute Gasteiger partial charge is 0.484 e. The van der Waals surface area contributed by atoms with E-state index in [1.807, 2.05) is 19.9 Å². The summed E-state index contributed by atoms with van der Waals surface area (Å²) >= 11 is 0. The lowest BCUT2D eigenvalue weighted by molar-refractivity contribution is -0.0470. The minimum absolute atomic E-state index is 0.410. The van der Waals surface area contributed by atoms with E-state index >= 15 is 0 Å². The molecule has 21 heavy (non-hydrogen) atoms. The van der Waals surface area contributed by atoms with Crippen LogP contribution in [0.5, 0.6) is 5.75 Å². The number of carbonyl (C=O) groups is 1. The predicted octanol–water partition coefficient (Wildman–Crippen LogP) is 1.97. The first-order valence-electron chi connectivity index (χ1n) is 6.57. The van der Waals surface area contributed by atoms with Gasteiger partial charge in [0.05, 0.1) is 0 Å². The second kappa shape index (κ2) is 4.51. The van der Waals surface area contributed by atoms with Crippen molar-refractivity contribution in [1.82, 2.24) is 0 Å². The second-order valence-electron chi connectivity index (χ2n) is 5.59. The van der Waals surface area contributed by atoms with Crippen LogP contribution in [0.4, 0.5) is 4.79 Å². The topological polar surface area (TPSA) is 91.8 Å². The molecule has 1 aromatic carbocycles. The maximum atomic E-state index is 11.3. The summed E-state index contributed by atoms with van der Waals surface area (Å²) < 4.78 is 16.2. The fourth-order valence-corrected chi connectivity index (χ4v) is 2.52. The molecule has 0 aliphatic carbocycles. The van der Waals surface area contributed by atoms with Gasteiger partial charge in [-0.15, -0.1) is 0 Å². The zero-order chi connectivity index (χ0) is 15.2. The van der Waals surface area contributed by atoms with Gasteiger partial charge in [-0.25, -0.2) is 9.59 Å². The van der Waals surface area contributed by atoms with Crippen LogP contribution in [0.1, 0.15) is 19.4 Å². The molecule has 6 nitrogen and oxygen atoms in total. The molecule has 0 saturated heterocycles. The normalized spacial score (nSPS) is 19.6. The minimum Gasteiger partial charge on any atom is -0.484 e. The minimum atomic E-state index is -0.827. The van der Waals surface area contributed by atoms with Crippen LogP contribution in [0.25, 0.3) is 11.0 Å². The summed E-state index contributed by atoms with van der Waals surface area (Å²) in [5.41, 5.74) is 5.32. The zero-order valence-corrected chi connectivity index (χ0v) is 11.7. The molecule has 0 fully saturated rings. The van der Waals surface area contributed by atoms with Crippen LogP contribution in [-0.2, 0) is 11.2 Å². The molecule has 1 aromatic heterocycles. The molecule has 0 bridgehead atoms. The molecule has 2 N–H and O–H groups in total. The van der Waals surface area contributed by atoms with Crippen LogP contribution < -0.4 is 16.1 Å². The number of benzene rings is 1. The highest BCUT2D eigenvalue weighted by molar-refractivity contribution is 5.79.